The number of hydrogen-bond donors (Lipinski definition) is 3. The Bertz CT molecular complexity index is 442. The minimum Gasteiger partial charge on any atom is -0.353 e. The number of likely N-dealkylation sites (N-methyl/N-ethyl adjacent to an activating group) is 1. The molecule has 1 aromatic rings. The van der Waals surface area contributed by atoms with E-state index in [1.165, 1.54) is 5.56 Å². The van der Waals surface area contributed by atoms with Gasteiger partial charge in [-0.15, -0.1) is 24.8 Å². The lowest BCUT2D eigenvalue weighted by atomic mass is 10.1. The van der Waals surface area contributed by atoms with E-state index in [9.17, 15) is 9.59 Å². The second kappa shape index (κ2) is 13.6. The van der Waals surface area contributed by atoms with Crippen LogP contribution in [-0.2, 0) is 9.59 Å². The van der Waals surface area contributed by atoms with Crippen molar-refractivity contribution >= 4 is 48.0 Å². The number of rotatable bonds is 9. The van der Waals surface area contributed by atoms with Crippen LogP contribution in [0.4, 0.5) is 0 Å². The van der Waals surface area contributed by atoms with Crippen LogP contribution >= 0.6 is 36.2 Å². The molecule has 1 atom stereocenters. The van der Waals surface area contributed by atoms with Gasteiger partial charge in [-0.3, -0.25) is 14.5 Å². The van der Waals surface area contributed by atoms with Crippen molar-refractivity contribution < 1.29 is 9.59 Å². The van der Waals surface area contributed by atoms with Gasteiger partial charge >= 0.3 is 0 Å². The molecule has 6 nitrogen and oxygen atoms in total. The molecule has 1 heterocycles. The van der Waals surface area contributed by atoms with Crippen molar-refractivity contribution in [3.8, 4) is 0 Å². The summed E-state index contributed by atoms with van der Waals surface area (Å²) in [5.41, 5.74) is 6.37. The zero-order chi connectivity index (χ0) is 15.7. The van der Waals surface area contributed by atoms with Gasteiger partial charge in [0, 0.05) is 6.54 Å². The molecule has 0 fully saturated rings. The Kier molecular flexibility index (Phi) is 14.4. The molecule has 2 amide bonds. The van der Waals surface area contributed by atoms with Crippen molar-refractivity contribution in [3.63, 3.8) is 0 Å². The van der Waals surface area contributed by atoms with Crippen LogP contribution in [0.15, 0.2) is 16.8 Å². The molecule has 1 rings (SSSR count). The molecule has 9 heteroatoms. The van der Waals surface area contributed by atoms with Gasteiger partial charge in [0.2, 0.25) is 11.8 Å². The minimum absolute atomic E-state index is 0. The van der Waals surface area contributed by atoms with Crippen LogP contribution in [-0.4, -0.2) is 49.4 Å². The van der Waals surface area contributed by atoms with Crippen molar-refractivity contribution in [1.29, 1.82) is 0 Å². The Balaban J connectivity index is 0. The molecule has 0 radical (unpaired) electrons. The molecule has 4 N–H and O–H groups in total. The first-order valence-corrected chi connectivity index (χ1v) is 8.06. The molecule has 0 aliphatic heterocycles. The number of nitrogens with two attached hydrogens (primary N) is 1. The zero-order valence-electron chi connectivity index (χ0n) is 13.4. The fourth-order valence-electron chi connectivity index (χ4n) is 2.11. The minimum atomic E-state index is -0.330. The summed E-state index contributed by atoms with van der Waals surface area (Å²) < 4.78 is 0. The number of thiophene rings is 1. The maximum Gasteiger partial charge on any atom is 0.239 e. The Morgan fingerprint density at radius 2 is 1.87 bits per heavy atom. The number of halogens is 2. The normalized spacial score (nSPS) is 11.1. The third-order valence-electron chi connectivity index (χ3n) is 3.31. The largest absolute Gasteiger partial charge is 0.353 e. The number of nitrogens with zero attached hydrogens (tertiary/aromatic N) is 1. The SMILES string of the molecule is CCN(CC)C(CNC(=O)CNC(=O)CN)c1ccsc1.Cl.Cl. The lowest BCUT2D eigenvalue weighted by molar-refractivity contribution is -0.125. The van der Waals surface area contributed by atoms with E-state index in [0.29, 0.717) is 6.54 Å². The third kappa shape index (κ3) is 8.53. The van der Waals surface area contributed by atoms with Crippen molar-refractivity contribution in [3.05, 3.63) is 22.4 Å². The summed E-state index contributed by atoms with van der Waals surface area (Å²) >= 11 is 1.65. The molecule has 23 heavy (non-hydrogen) atoms. The Morgan fingerprint density at radius 1 is 1.22 bits per heavy atom. The second-order valence-corrected chi connectivity index (χ2v) is 5.36. The molecular weight excluding hydrogens is 359 g/mol. The summed E-state index contributed by atoms with van der Waals surface area (Å²) in [6.45, 7) is 6.41. The number of amides is 2. The lowest BCUT2D eigenvalue weighted by Gasteiger charge is -2.29. The highest BCUT2D eigenvalue weighted by Crippen LogP contribution is 2.22. The van der Waals surface area contributed by atoms with Crippen LogP contribution in [0, 0.1) is 0 Å². The first kappa shape index (κ1) is 24.4. The number of carbonyl (C=O) groups is 2. The molecule has 0 aliphatic carbocycles. The van der Waals surface area contributed by atoms with Gasteiger partial charge in [0.25, 0.3) is 0 Å². The lowest BCUT2D eigenvalue weighted by Crippen LogP contribution is -2.43. The van der Waals surface area contributed by atoms with Crippen LogP contribution < -0.4 is 16.4 Å². The van der Waals surface area contributed by atoms with Gasteiger partial charge in [-0.1, -0.05) is 13.8 Å². The van der Waals surface area contributed by atoms with Gasteiger partial charge in [-0.2, -0.15) is 11.3 Å². The van der Waals surface area contributed by atoms with E-state index in [2.05, 4.69) is 40.8 Å². The molecule has 0 aliphatic rings. The van der Waals surface area contributed by atoms with E-state index in [-0.39, 0.29) is 55.8 Å². The predicted molar refractivity (Wildman–Crippen MR) is 99.6 cm³/mol. The quantitative estimate of drug-likeness (QED) is 0.596. The molecule has 134 valence electrons. The van der Waals surface area contributed by atoms with Gasteiger partial charge in [-0.05, 0) is 35.5 Å². The molecule has 0 bridgehead atoms. The fraction of sp³-hybridized carbons (Fsp3) is 0.571. The summed E-state index contributed by atoms with van der Waals surface area (Å²) in [6.07, 6.45) is 0. The highest BCUT2D eigenvalue weighted by atomic mass is 35.5. The maximum atomic E-state index is 11.8. The maximum absolute atomic E-state index is 11.8. The number of carbonyl (C=O) groups excluding carboxylic acids is 2. The van der Waals surface area contributed by atoms with Crippen molar-refractivity contribution in [2.75, 3.05) is 32.7 Å². The van der Waals surface area contributed by atoms with E-state index in [4.69, 9.17) is 5.73 Å². The summed E-state index contributed by atoms with van der Waals surface area (Å²) in [7, 11) is 0. The van der Waals surface area contributed by atoms with Gasteiger partial charge in [-0.25, -0.2) is 0 Å². The van der Waals surface area contributed by atoms with E-state index in [1.54, 1.807) is 11.3 Å². The first-order valence-electron chi connectivity index (χ1n) is 7.11. The van der Waals surface area contributed by atoms with E-state index in [1.807, 2.05) is 5.38 Å². The molecule has 1 unspecified atom stereocenters. The summed E-state index contributed by atoms with van der Waals surface area (Å²) in [4.78, 5) is 25.1. The van der Waals surface area contributed by atoms with E-state index >= 15 is 0 Å². The molecule has 0 saturated heterocycles. The number of nitrogens with one attached hydrogen (secondary N) is 2. The highest BCUT2D eigenvalue weighted by molar-refractivity contribution is 7.07. The third-order valence-corrected chi connectivity index (χ3v) is 4.01. The molecule has 0 spiro atoms. The topological polar surface area (TPSA) is 87.5 Å². The molecule has 1 aromatic heterocycles. The first-order chi connectivity index (χ1) is 10.1. The van der Waals surface area contributed by atoms with E-state index < -0.39 is 0 Å². The predicted octanol–water partition coefficient (Wildman–Crippen LogP) is 1.17. The summed E-state index contributed by atoms with van der Waals surface area (Å²) in [6, 6.07) is 2.23. The molecular formula is C14H26Cl2N4O2S. The Hall–Kier alpha value is -0.860. The monoisotopic (exact) mass is 384 g/mol. The van der Waals surface area contributed by atoms with Crippen LogP contribution in [0.3, 0.4) is 0 Å². The van der Waals surface area contributed by atoms with Crippen molar-refractivity contribution in [2.45, 2.75) is 19.9 Å². The second-order valence-electron chi connectivity index (χ2n) is 4.58. The van der Waals surface area contributed by atoms with Crippen LogP contribution in [0.25, 0.3) is 0 Å². The Labute approximate surface area is 154 Å². The van der Waals surface area contributed by atoms with Gasteiger partial charge < -0.3 is 16.4 Å². The number of hydrogen-bond acceptors (Lipinski definition) is 5. The van der Waals surface area contributed by atoms with Crippen LogP contribution in [0.2, 0.25) is 0 Å². The van der Waals surface area contributed by atoms with E-state index in [0.717, 1.165) is 13.1 Å². The van der Waals surface area contributed by atoms with Gasteiger partial charge in [0.1, 0.15) is 0 Å². The van der Waals surface area contributed by atoms with Crippen molar-refractivity contribution in [2.24, 2.45) is 5.73 Å². The summed E-state index contributed by atoms with van der Waals surface area (Å²) in [5, 5.41) is 9.47. The fourth-order valence-corrected chi connectivity index (χ4v) is 2.82. The standard InChI is InChI=1S/C14H24N4O2S.2ClH/c1-3-18(4-2)12(11-5-6-21-10-11)8-16-14(20)9-17-13(19)7-15;;/h5-6,10,12H,3-4,7-9,15H2,1-2H3,(H,16,20)(H,17,19);2*1H. The highest BCUT2D eigenvalue weighted by Gasteiger charge is 2.19. The van der Waals surface area contributed by atoms with Gasteiger partial charge in [0.15, 0.2) is 0 Å². The van der Waals surface area contributed by atoms with Crippen LogP contribution in [0.5, 0.6) is 0 Å². The average molecular weight is 385 g/mol. The van der Waals surface area contributed by atoms with Gasteiger partial charge in [0.05, 0.1) is 19.1 Å². The average Bonchev–Trinajstić information content (AvgIpc) is 3.02. The zero-order valence-corrected chi connectivity index (χ0v) is 15.9. The smallest absolute Gasteiger partial charge is 0.239 e. The van der Waals surface area contributed by atoms with Crippen LogP contribution in [0.1, 0.15) is 25.5 Å². The molecule has 0 saturated carbocycles. The van der Waals surface area contributed by atoms with Crippen molar-refractivity contribution in [1.82, 2.24) is 15.5 Å². The molecule has 0 aromatic carbocycles. The Morgan fingerprint density at radius 3 is 2.35 bits per heavy atom. The summed E-state index contributed by atoms with van der Waals surface area (Å²) in [5.74, 6) is -0.535.